The van der Waals surface area contributed by atoms with Crippen LogP contribution in [0.2, 0.25) is 0 Å². The molecule has 0 saturated heterocycles. The van der Waals surface area contributed by atoms with Crippen molar-refractivity contribution in [1.82, 2.24) is 0 Å². The summed E-state index contributed by atoms with van der Waals surface area (Å²) in [6.07, 6.45) is 1.85. The first-order valence-electron chi connectivity index (χ1n) is 3.86. The molecule has 0 N–H and O–H groups in total. The SMILES string of the molecule is COC(=O)C[n+]1cc(Br)ccc1C. The summed E-state index contributed by atoms with van der Waals surface area (Å²) in [4.78, 5) is 11.0. The fourth-order valence-electron chi connectivity index (χ4n) is 0.964. The van der Waals surface area contributed by atoms with Crippen molar-refractivity contribution < 1.29 is 14.1 Å². The minimum atomic E-state index is -0.244. The topological polar surface area (TPSA) is 30.2 Å². The molecule has 0 spiro atoms. The first-order valence-corrected chi connectivity index (χ1v) is 4.65. The van der Waals surface area contributed by atoms with Gasteiger partial charge in [-0.1, -0.05) is 0 Å². The van der Waals surface area contributed by atoms with Crippen molar-refractivity contribution in [3.05, 3.63) is 28.5 Å². The third-order valence-corrected chi connectivity index (χ3v) is 2.21. The van der Waals surface area contributed by atoms with Gasteiger partial charge in [0, 0.05) is 13.0 Å². The molecule has 0 bridgehead atoms. The van der Waals surface area contributed by atoms with Gasteiger partial charge in [-0.3, -0.25) is 0 Å². The van der Waals surface area contributed by atoms with E-state index in [2.05, 4.69) is 20.7 Å². The summed E-state index contributed by atoms with van der Waals surface area (Å²) >= 11 is 3.34. The van der Waals surface area contributed by atoms with Crippen LogP contribution in [0.25, 0.3) is 0 Å². The van der Waals surface area contributed by atoms with Crippen molar-refractivity contribution in [3.63, 3.8) is 0 Å². The zero-order valence-electron chi connectivity index (χ0n) is 7.58. The molecule has 0 saturated carbocycles. The van der Waals surface area contributed by atoms with Gasteiger partial charge in [0.2, 0.25) is 6.54 Å². The zero-order valence-corrected chi connectivity index (χ0v) is 9.17. The Hall–Kier alpha value is -0.900. The lowest BCUT2D eigenvalue weighted by atomic mass is 10.3. The molecule has 0 atom stereocenters. The quantitative estimate of drug-likeness (QED) is 0.579. The highest BCUT2D eigenvalue weighted by Crippen LogP contribution is 2.05. The van der Waals surface area contributed by atoms with Gasteiger partial charge in [-0.15, -0.1) is 0 Å². The Labute approximate surface area is 85.5 Å². The molecule has 0 fully saturated rings. The minimum Gasteiger partial charge on any atom is -0.464 e. The predicted molar refractivity (Wildman–Crippen MR) is 51.1 cm³/mol. The highest BCUT2D eigenvalue weighted by molar-refractivity contribution is 9.10. The zero-order chi connectivity index (χ0) is 9.84. The van der Waals surface area contributed by atoms with Crippen LogP contribution in [0.15, 0.2) is 22.8 Å². The number of esters is 1. The van der Waals surface area contributed by atoms with E-state index in [1.54, 1.807) is 0 Å². The van der Waals surface area contributed by atoms with Gasteiger partial charge < -0.3 is 4.74 Å². The lowest BCUT2D eigenvalue weighted by Crippen LogP contribution is -2.40. The molecule has 0 amide bonds. The van der Waals surface area contributed by atoms with Crippen LogP contribution in [0.1, 0.15) is 5.69 Å². The Morgan fingerprint density at radius 3 is 2.92 bits per heavy atom. The van der Waals surface area contributed by atoms with Crippen molar-refractivity contribution in [3.8, 4) is 0 Å². The number of aromatic nitrogens is 1. The van der Waals surface area contributed by atoms with Crippen LogP contribution < -0.4 is 4.57 Å². The van der Waals surface area contributed by atoms with E-state index in [1.165, 1.54) is 7.11 Å². The van der Waals surface area contributed by atoms with Crippen LogP contribution in [-0.2, 0) is 16.1 Å². The van der Waals surface area contributed by atoms with E-state index in [1.807, 2.05) is 29.8 Å². The van der Waals surface area contributed by atoms with Gasteiger partial charge in [-0.2, -0.15) is 4.57 Å². The van der Waals surface area contributed by atoms with E-state index >= 15 is 0 Å². The molecule has 13 heavy (non-hydrogen) atoms. The number of pyridine rings is 1. The molecular formula is C9H11BrNO2+. The Morgan fingerprint density at radius 1 is 1.62 bits per heavy atom. The number of rotatable bonds is 2. The fourth-order valence-corrected chi connectivity index (χ4v) is 1.34. The number of aryl methyl sites for hydroxylation is 1. The maximum Gasteiger partial charge on any atom is 0.372 e. The van der Waals surface area contributed by atoms with Crippen molar-refractivity contribution in [2.45, 2.75) is 13.5 Å². The Balaban J connectivity index is 2.87. The van der Waals surface area contributed by atoms with Crippen LogP contribution in [0.5, 0.6) is 0 Å². The second-order valence-electron chi connectivity index (χ2n) is 2.69. The summed E-state index contributed by atoms with van der Waals surface area (Å²) in [5.41, 5.74) is 1.02. The molecular weight excluding hydrogens is 234 g/mol. The number of ether oxygens (including phenoxy) is 1. The summed E-state index contributed by atoms with van der Waals surface area (Å²) in [6.45, 7) is 2.19. The second kappa shape index (κ2) is 4.37. The molecule has 4 heteroatoms. The average Bonchev–Trinajstić information content (AvgIpc) is 2.11. The summed E-state index contributed by atoms with van der Waals surface area (Å²) in [7, 11) is 1.39. The van der Waals surface area contributed by atoms with Gasteiger partial charge in [-0.25, -0.2) is 4.79 Å². The van der Waals surface area contributed by atoms with Crippen LogP contribution in [0.4, 0.5) is 0 Å². The Kier molecular flexibility index (Phi) is 3.42. The first kappa shape index (κ1) is 10.2. The fraction of sp³-hybridized carbons (Fsp3) is 0.333. The third-order valence-electron chi connectivity index (χ3n) is 1.74. The lowest BCUT2D eigenvalue weighted by Gasteiger charge is -1.99. The number of hydrogen-bond acceptors (Lipinski definition) is 2. The maximum atomic E-state index is 11.0. The minimum absolute atomic E-state index is 0.244. The highest BCUT2D eigenvalue weighted by atomic mass is 79.9. The van der Waals surface area contributed by atoms with Gasteiger partial charge in [0.15, 0.2) is 11.9 Å². The van der Waals surface area contributed by atoms with Crippen molar-refractivity contribution in [2.24, 2.45) is 0 Å². The maximum absolute atomic E-state index is 11.0. The number of methoxy groups -OCH3 is 1. The van der Waals surface area contributed by atoms with E-state index in [4.69, 9.17) is 0 Å². The van der Waals surface area contributed by atoms with E-state index < -0.39 is 0 Å². The molecule has 70 valence electrons. The largest absolute Gasteiger partial charge is 0.464 e. The van der Waals surface area contributed by atoms with Gasteiger partial charge >= 0.3 is 5.97 Å². The molecule has 0 aliphatic carbocycles. The lowest BCUT2D eigenvalue weighted by molar-refractivity contribution is -0.692. The van der Waals surface area contributed by atoms with Crippen molar-refractivity contribution in [1.29, 1.82) is 0 Å². The normalized spacial score (nSPS) is 9.77. The third kappa shape index (κ3) is 2.81. The standard InChI is InChI=1S/C9H11BrNO2/c1-7-3-4-8(10)5-11(7)6-9(12)13-2/h3-5H,6H2,1-2H3/q+1. The molecule has 0 aliphatic rings. The molecule has 1 heterocycles. The molecule has 0 aromatic carbocycles. The van der Waals surface area contributed by atoms with Gasteiger partial charge in [0.25, 0.3) is 0 Å². The monoisotopic (exact) mass is 244 g/mol. The van der Waals surface area contributed by atoms with E-state index in [0.29, 0.717) is 0 Å². The molecule has 1 aromatic heterocycles. The van der Waals surface area contributed by atoms with Crippen LogP contribution in [0, 0.1) is 6.92 Å². The van der Waals surface area contributed by atoms with E-state index in [9.17, 15) is 4.79 Å². The van der Waals surface area contributed by atoms with Crippen LogP contribution in [0.3, 0.4) is 0 Å². The molecule has 1 aromatic rings. The van der Waals surface area contributed by atoms with Gasteiger partial charge in [0.1, 0.15) is 0 Å². The second-order valence-corrected chi connectivity index (χ2v) is 3.61. The smallest absolute Gasteiger partial charge is 0.372 e. The summed E-state index contributed by atoms with van der Waals surface area (Å²) in [5.74, 6) is -0.244. The average molecular weight is 245 g/mol. The number of carbonyl (C=O) groups excluding carboxylic acids is 1. The highest BCUT2D eigenvalue weighted by Gasteiger charge is 2.12. The number of hydrogen-bond donors (Lipinski definition) is 0. The predicted octanol–water partition coefficient (Wildman–Crippen LogP) is 1.22. The summed E-state index contributed by atoms with van der Waals surface area (Å²) < 4.78 is 7.35. The van der Waals surface area contributed by atoms with Gasteiger partial charge in [0.05, 0.1) is 11.6 Å². The summed E-state index contributed by atoms with van der Waals surface area (Å²) in [5, 5.41) is 0. The van der Waals surface area contributed by atoms with Crippen LogP contribution >= 0.6 is 15.9 Å². The Morgan fingerprint density at radius 2 is 2.31 bits per heavy atom. The van der Waals surface area contributed by atoms with E-state index in [0.717, 1.165) is 10.2 Å². The Bertz CT molecular complexity index is 325. The number of nitrogens with zero attached hydrogens (tertiary/aromatic N) is 1. The molecule has 0 aliphatic heterocycles. The number of halogens is 1. The van der Waals surface area contributed by atoms with Crippen molar-refractivity contribution >= 4 is 21.9 Å². The summed E-state index contributed by atoms with van der Waals surface area (Å²) in [6, 6.07) is 3.87. The van der Waals surface area contributed by atoms with Gasteiger partial charge in [-0.05, 0) is 22.0 Å². The van der Waals surface area contributed by atoms with E-state index in [-0.39, 0.29) is 12.5 Å². The molecule has 0 unspecified atom stereocenters. The number of carbonyl (C=O) groups is 1. The first-order chi connectivity index (χ1) is 6.13. The van der Waals surface area contributed by atoms with Crippen molar-refractivity contribution in [2.75, 3.05) is 7.11 Å². The molecule has 3 nitrogen and oxygen atoms in total. The van der Waals surface area contributed by atoms with Crippen LogP contribution in [-0.4, -0.2) is 13.1 Å². The molecule has 1 rings (SSSR count). The molecule has 0 radical (unpaired) electrons.